The molecule has 7 heteroatoms. The van der Waals surface area contributed by atoms with Gasteiger partial charge in [0, 0.05) is 5.69 Å². The molecule has 0 aromatic heterocycles. The van der Waals surface area contributed by atoms with Crippen LogP contribution in [0.1, 0.15) is 37.9 Å². The first-order valence-electron chi connectivity index (χ1n) is 10.1. The Morgan fingerprint density at radius 1 is 0.967 bits per heavy atom. The molecule has 0 saturated heterocycles. The second kappa shape index (κ2) is 12.1. The van der Waals surface area contributed by atoms with Crippen molar-refractivity contribution >= 4 is 29.3 Å². The second-order valence-corrected chi connectivity index (χ2v) is 7.76. The molecule has 30 heavy (non-hydrogen) atoms. The summed E-state index contributed by atoms with van der Waals surface area (Å²) in [4.78, 5) is 24.3. The fraction of sp³-hybridized carbons (Fsp3) is 0.391. The third kappa shape index (κ3) is 7.63. The lowest BCUT2D eigenvalue weighted by atomic mass is 10.1. The quantitative estimate of drug-likeness (QED) is 0.555. The van der Waals surface area contributed by atoms with Crippen LogP contribution in [-0.2, 0) is 9.59 Å². The molecule has 0 heterocycles. The highest BCUT2D eigenvalue weighted by atomic mass is 32.2. The first kappa shape index (κ1) is 23.6. The van der Waals surface area contributed by atoms with Crippen LogP contribution < -0.4 is 20.1 Å². The number of thioether (sulfide) groups is 1. The number of nitrogens with one attached hydrogen (secondary N) is 2. The van der Waals surface area contributed by atoms with Gasteiger partial charge in [-0.2, -0.15) is 0 Å². The van der Waals surface area contributed by atoms with Gasteiger partial charge in [-0.05, 0) is 63.1 Å². The standard InChI is InChI=1S/C23H30N2O4S/c1-5-28-20-11-10-18(13-21(20)29-6-2)17(4)24-22(26)14-30-15-23(27)25-19-9-7-8-16(3)12-19/h7-13,17H,5-6,14-15H2,1-4H3,(H,24,26)(H,25,27). The number of rotatable bonds is 11. The SMILES string of the molecule is CCOc1ccc(C(C)NC(=O)CSCC(=O)Nc2cccc(C)c2)cc1OCC. The predicted octanol–water partition coefficient (Wildman–Crippen LogP) is 4.34. The van der Waals surface area contributed by atoms with Crippen LogP contribution in [0.25, 0.3) is 0 Å². The van der Waals surface area contributed by atoms with Gasteiger partial charge in [-0.25, -0.2) is 0 Å². The van der Waals surface area contributed by atoms with E-state index >= 15 is 0 Å². The molecule has 6 nitrogen and oxygen atoms in total. The van der Waals surface area contributed by atoms with Gasteiger partial charge in [-0.3, -0.25) is 9.59 Å². The van der Waals surface area contributed by atoms with E-state index in [1.165, 1.54) is 11.8 Å². The first-order chi connectivity index (χ1) is 14.4. The minimum atomic E-state index is -0.186. The van der Waals surface area contributed by atoms with Crippen molar-refractivity contribution in [3.8, 4) is 11.5 Å². The van der Waals surface area contributed by atoms with Crippen LogP contribution in [0.3, 0.4) is 0 Å². The van der Waals surface area contributed by atoms with Crippen LogP contribution >= 0.6 is 11.8 Å². The van der Waals surface area contributed by atoms with Gasteiger partial charge in [0.05, 0.1) is 30.8 Å². The average Bonchev–Trinajstić information content (AvgIpc) is 2.69. The molecule has 2 rings (SSSR count). The number of anilines is 1. The Kier molecular flexibility index (Phi) is 9.54. The van der Waals surface area contributed by atoms with E-state index in [0.29, 0.717) is 24.7 Å². The van der Waals surface area contributed by atoms with E-state index in [4.69, 9.17) is 9.47 Å². The molecule has 2 aromatic rings. The number of carbonyl (C=O) groups excluding carboxylic acids is 2. The summed E-state index contributed by atoms with van der Waals surface area (Å²) in [6.07, 6.45) is 0. The zero-order valence-electron chi connectivity index (χ0n) is 18.0. The monoisotopic (exact) mass is 430 g/mol. The van der Waals surface area contributed by atoms with Gasteiger partial charge < -0.3 is 20.1 Å². The Morgan fingerprint density at radius 3 is 2.37 bits per heavy atom. The molecule has 2 aromatic carbocycles. The Bertz CT molecular complexity index is 857. The van der Waals surface area contributed by atoms with Gasteiger partial charge in [0.25, 0.3) is 0 Å². The smallest absolute Gasteiger partial charge is 0.234 e. The summed E-state index contributed by atoms with van der Waals surface area (Å²) in [6, 6.07) is 13.1. The maximum Gasteiger partial charge on any atom is 0.234 e. The Hall–Kier alpha value is -2.67. The Morgan fingerprint density at radius 2 is 1.67 bits per heavy atom. The molecule has 162 valence electrons. The molecule has 0 bridgehead atoms. The van der Waals surface area contributed by atoms with Crippen molar-refractivity contribution in [2.45, 2.75) is 33.7 Å². The Balaban J connectivity index is 1.81. The second-order valence-electron chi connectivity index (χ2n) is 6.77. The predicted molar refractivity (Wildman–Crippen MR) is 122 cm³/mol. The van der Waals surface area contributed by atoms with Crippen LogP contribution in [0.4, 0.5) is 5.69 Å². The van der Waals surface area contributed by atoms with Gasteiger partial charge in [-0.15, -0.1) is 11.8 Å². The summed E-state index contributed by atoms with van der Waals surface area (Å²) in [5, 5.41) is 5.80. The van der Waals surface area contributed by atoms with Gasteiger partial charge in [0.1, 0.15) is 0 Å². The maximum atomic E-state index is 12.3. The molecule has 2 amide bonds. The summed E-state index contributed by atoms with van der Waals surface area (Å²) in [5.74, 6) is 1.53. The summed E-state index contributed by atoms with van der Waals surface area (Å²) in [6.45, 7) is 8.81. The van der Waals surface area contributed by atoms with Crippen molar-refractivity contribution in [2.24, 2.45) is 0 Å². The molecule has 1 atom stereocenters. The zero-order chi connectivity index (χ0) is 21.9. The first-order valence-corrected chi connectivity index (χ1v) is 11.2. The third-order valence-corrected chi connectivity index (χ3v) is 5.15. The van der Waals surface area contributed by atoms with Gasteiger partial charge in [0.2, 0.25) is 11.8 Å². The van der Waals surface area contributed by atoms with E-state index in [-0.39, 0.29) is 29.4 Å². The van der Waals surface area contributed by atoms with Crippen LogP contribution in [0, 0.1) is 6.92 Å². The number of aryl methyl sites for hydroxylation is 1. The average molecular weight is 431 g/mol. The minimum Gasteiger partial charge on any atom is -0.490 e. The van der Waals surface area contributed by atoms with Gasteiger partial charge in [0.15, 0.2) is 11.5 Å². The normalized spacial score (nSPS) is 11.5. The number of hydrogen-bond donors (Lipinski definition) is 2. The van der Waals surface area contributed by atoms with E-state index < -0.39 is 0 Å². The molecule has 1 unspecified atom stereocenters. The number of benzene rings is 2. The van der Waals surface area contributed by atoms with Crippen molar-refractivity contribution in [3.05, 3.63) is 53.6 Å². The van der Waals surface area contributed by atoms with Crippen LogP contribution in [0.15, 0.2) is 42.5 Å². The summed E-state index contributed by atoms with van der Waals surface area (Å²) < 4.78 is 11.2. The summed E-state index contributed by atoms with van der Waals surface area (Å²) in [5.41, 5.74) is 2.77. The maximum absolute atomic E-state index is 12.3. The molecule has 0 saturated carbocycles. The van der Waals surface area contributed by atoms with Crippen molar-refractivity contribution in [3.63, 3.8) is 0 Å². The molecular weight excluding hydrogens is 400 g/mol. The number of carbonyl (C=O) groups is 2. The zero-order valence-corrected chi connectivity index (χ0v) is 18.8. The van der Waals surface area contributed by atoms with E-state index in [2.05, 4.69) is 10.6 Å². The molecule has 0 fully saturated rings. The van der Waals surface area contributed by atoms with Crippen molar-refractivity contribution in [2.75, 3.05) is 30.0 Å². The van der Waals surface area contributed by atoms with E-state index in [0.717, 1.165) is 16.8 Å². The number of ether oxygens (including phenoxy) is 2. The summed E-state index contributed by atoms with van der Waals surface area (Å²) >= 11 is 1.28. The number of amides is 2. The lowest BCUT2D eigenvalue weighted by molar-refractivity contribution is -0.119. The van der Waals surface area contributed by atoms with E-state index in [1.54, 1.807) is 0 Å². The lowest BCUT2D eigenvalue weighted by Crippen LogP contribution is -2.28. The highest BCUT2D eigenvalue weighted by Gasteiger charge is 2.14. The van der Waals surface area contributed by atoms with Crippen molar-refractivity contribution in [1.29, 1.82) is 0 Å². The van der Waals surface area contributed by atoms with Gasteiger partial charge in [-0.1, -0.05) is 18.2 Å². The fourth-order valence-corrected chi connectivity index (χ4v) is 3.49. The van der Waals surface area contributed by atoms with Crippen molar-refractivity contribution < 1.29 is 19.1 Å². The summed E-state index contributed by atoms with van der Waals surface area (Å²) in [7, 11) is 0. The Labute approximate surface area is 182 Å². The molecule has 0 aliphatic carbocycles. The third-order valence-electron chi connectivity index (χ3n) is 4.21. The van der Waals surface area contributed by atoms with Crippen LogP contribution in [0.5, 0.6) is 11.5 Å². The highest BCUT2D eigenvalue weighted by molar-refractivity contribution is 8.00. The highest BCUT2D eigenvalue weighted by Crippen LogP contribution is 2.30. The molecule has 2 N–H and O–H groups in total. The largest absolute Gasteiger partial charge is 0.490 e. The van der Waals surface area contributed by atoms with E-state index in [1.807, 2.05) is 70.2 Å². The lowest BCUT2D eigenvalue weighted by Gasteiger charge is -2.17. The fourth-order valence-electron chi connectivity index (χ4n) is 2.86. The minimum absolute atomic E-state index is 0.122. The van der Waals surface area contributed by atoms with Crippen molar-refractivity contribution in [1.82, 2.24) is 5.32 Å². The topological polar surface area (TPSA) is 76.7 Å². The number of hydrogen-bond acceptors (Lipinski definition) is 5. The molecule has 0 aliphatic rings. The molecular formula is C23H30N2O4S. The van der Waals surface area contributed by atoms with Gasteiger partial charge >= 0.3 is 0 Å². The van der Waals surface area contributed by atoms with E-state index in [9.17, 15) is 9.59 Å². The molecule has 0 aliphatic heterocycles. The van der Waals surface area contributed by atoms with Crippen LogP contribution in [-0.4, -0.2) is 36.5 Å². The molecule has 0 spiro atoms. The molecule has 0 radical (unpaired) electrons. The van der Waals surface area contributed by atoms with Crippen LogP contribution in [0.2, 0.25) is 0 Å².